The molecule has 1 rings (SSSR count). The second kappa shape index (κ2) is 9.41. The van der Waals surface area contributed by atoms with Crippen LogP contribution in [0.15, 0.2) is 0 Å². The van der Waals surface area contributed by atoms with E-state index >= 15 is 0 Å². The molecule has 0 aromatic carbocycles. The Morgan fingerprint density at radius 1 is 1.12 bits per heavy atom. The van der Waals surface area contributed by atoms with Crippen LogP contribution >= 0.6 is 17.4 Å². The van der Waals surface area contributed by atoms with Gasteiger partial charge >= 0.3 is 0 Å². The Morgan fingerprint density at radius 3 is 2.50 bits per heavy atom. The summed E-state index contributed by atoms with van der Waals surface area (Å²) in [6, 6.07) is 0. The van der Waals surface area contributed by atoms with E-state index in [-0.39, 0.29) is 6.10 Å². The minimum absolute atomic E-state index is 0.129. The van der Waals surface area contributed by atoms with Gasteiger partial charge in [0.1, 0.15) is 0 Å². The standard InChI is InChI=1S/C10H22O4P2/c11-15-13-8-10(14-16-12)7-6-9-4-2-1-3-5-9/h9-10H,1-8,15-16H2. The molecule has 1 aliphatic rings. The summed E-state index contributed by atoms with van der Waals surface area (Å²) < 4.78 is 30.7. The molecule has 1 aliphatic carbocycles. The van der Waals surface area contributed by atoms with E-state index in [2.05, 4.69) is 0 Å². The maximum Gasteiger partial charge on any atom is 0.180 e. The van der Waals surface area contributed by atoms with Gasteiger partial charge in [-0.15, -0.1) is 0 Å². The van der Waals surface area contributed by atoms with Gasteiger partial charge in [-0.05, 0) is 18.8 Å². The predicted molar refractivity (Wildman–Crippen MR) is 67.4 cm³/mol. The monoisotopic (exact) mass is 268 g/mol. The molecule has 3 atom stereocenters. The van der Waals surface area contributed by atoms with Crippen LogP contribution in [0.2, 0.25) is 0 Å². The summed E-state index contributed by atoms with van der Waals surface area (Å²) in [5.74, 6) is 0.793. The van der Waals surface area contributed by atoms with Crippen LogP contribution in [0.1, 0.15) is 44.9 Å². The lowest BCUT2D eigenvalue weighted by atomic mass is 9.85. The van der Waals surface area contributed by atoms with Crippen molar-refractivity contribution in [3.63, 3.8) is 0 Å². The van der Waals surface area contributed by atoms with Gasteiger partial charge in [0.2, 0.25) is 0 Å². The van der Waals surface area contributed by atoms with Crippen LogP contribution in [0.5, 0.6) is 0 Å². The van der Waals surface area contributed by atoms with Crippen LogP contribution in [0.25, 0.3) is 0 Å². The Bertz CT molecular complexity index is 207. The number of hydrogen-bond acceptors (Lipinski definition) is 4. The Balaban J connectivity index is 2.18. The Hall–Kier alpha value is 0.380. The van der Waals surface area contributed by atoms with E-state index in [0.29, 0.717) is 6.61 Å². The molecular weight excluding hydrogens is 246 g/mol. The first-order valence-electron chi connectivity index (χ1n) is 6.01. The third kappa shape index (κ3) is 6.20. The fourth-order valence-electron chi connectivity index (χ4n) is 2.31. The van der Waals surface area contributed by atoms with Crippen LogP contribution in [-0.4, -0.2) is 12.7 Å². The van der Waals surface area contributed by atoms with E-state index in [9.17, 15) is 9.13 Å². The van der Waals surface area contributed by atoms with Crippen LogP contribution in [-0.2, 0) is 18.2 Å². The smallest absolute Gasteiger partial charge is 0.180 e. The van der Waals surface area contributed by atoms with E-state index in [0.717, 1.165) is 18.8 Å². The summed E-state index contributed by atoms with van der Waals surface area (Å²) in [5, 5.41) is 0. The molecule has 0 amide bonds. The molecule has 6 heteroatoms. The van der Waals surface area contributed by atoms with Gasteiger partial charge in [-0.2, -0.15) is 0 Å². The van der Waals surface area contributed by atoms with E-state index < -0.39 is 17.4 Å². The van der Waals surface area contributed by atoms with Gasteiger partial charge in [-0.25, -0.2) is 0 Å². The number of rotatable bonds is 8. The average Bonchev–Trinajstić information content (AvgIpc) is 2.34. The van der Waals surface area contributed by atoms with Gasteiger partial charge in [0.05, 0.1) is 12.7 Å². The Morgan fingerprint density at radius 2 is 1.88 bits per heavy atom. The van der Waals surface area contributed by atoms with Crippen molar-refractivity contribution < 1.29 is 18.2 Å². The van der Waals surface area contributed by atoms with Crippen molar-refractivity contribution in [1.82, 2.24) is 0 Å². The normalized spacial score (nSPS) is 21.2. The Labute approximate surface area is 99.7 Å². The average molecular weight is 268 g/mol. The highest BCUT2D eigenvalue weighted by Crippen LogP contribution is 2.28. The van der Waals surface area contributed by atoms with Crippen molar-refractivity contribution in [2.75, 3.05) is 6.61 Å². The molecule has 96 valence electrons. The van der Waals surface area contributed by atoms with Gasteiger partial charge in [-0.3, -0.25) is 9.13 Å². The minimum atomic E-state index is -1.19. The topological polar surface area (TPSA) is 52.6 Å². The zero-order chi connectivity index (χ0) is 11.6. The first-order valence-corrected chi connectivity index (χ1v) is 7.89. The summed E-state index contributed by atoms with van der Waals surface area (Å²) >= 11 is 0. The molecule has 3 unspecified atom stereocenters. The molecule has 16 heavy (non-hydrogen) atoms. The first-order chi connectivity index (χ1) is 7.86. The SMILES string of the molecule is O=[PH2]OCC(CCC1CCCCC1)O[PH2]=O. The van der Waals surface area contributed by atoms with Gasteiger partial charge in [0, 0.05) is 0 Å². The second-order valence-corrected chi connectivity index (χ2v) is 5.36. The largest absolute Gasteiger partial charge is 0.330 e. The number of hydrogen-bond donors (Lipinski definition) is 0. The van der Waals surface area contributed by atoms with E-state index in [1.165, 1.54) is 32.1 Å². The lowest BCUT2D eigenvalue weighted by Crippen LogP contribution is -2.17. The maximum absolute atomic E-state index is 10.5. The fraction of sp³-hybridized carbons (Fsp3) is 1.00. The highest BCUT2D eigenvalue weighted by molar-refractivity contribution is 7.17. The highest BCUT2D eigenvalue weighted by atomic mass is 31.1. The van der Waals surface area contributed by atoms with Crippen molar-refractivity contribution in [2.45, 2.75) is 51.0 Å². The highest BCUT2D eigenvalue weighted by Gasteiger charge is 2.16. The summed E-state index contributed by atoms with van der Waals surface area (Å²) in [6.45, 7) is 0.320. The molecule has 1 fully saturated rings. The first kappa shape index (κ1) is 14.4. The molecular formula is C10H22O4P2. The second-order valence-electron chi connectivity index (χ2n) is 4.37. The van der Waals surface area contributed by atoms with E-state index in [1.54, 1.807) is 0 Å². The molecule has 0 aliphatic heterocycles. The molecule has 0 aromatic heterocycles. The molecule has 4 nitrogen and oxygen atoms in total. The van der Waals surface area contributed by atoms with Crippen molar-refractivity contribution >= 4 is 17.4 Å². The van der Waals surface area contributed by atoms with Gasteiger partial charge in [0.25, 0.3) is 0 Å². The van der Waals surface area contributed by atoms with Gasteiger partial charge in [-0.1, -0.05) is 32.1 Å². The van der Waals surface area contributed by atoms with Crippen LogP contribution in [0, 0.1) is 5.92 Å². The molecule has 0 heterocycles. The van der Waals surface area contributed by atoms with Crippen molar-refractivity contribution in [1.29, 1.82) is 0 Å². The summed E-state index contributed by atoms with van der Waals surface area (Å²) in [5.41, 5.74) is 0. The third-order valence-electron chi connectivity index (χ3n) is 3.22. The molecule has 0 aromatic rings. The summed E-state index contributed by atoms with van der Waals surface area (Å²) in [6.07, 6.45) is 8.52. The van der Waals surface area contributed by atoms with E-state index in [4.69, 9.17) is 9.05 Å². The third-order valence-corrected chi connectivity index (χ3v) is 4.04. The van der Waals surface area contributed by atoms with Crippen LogP contribution in [0.3, 0.4) is 0 Å². The molecule has 0 bridgehead atoms. The molecule has 0 radical (unpaired) electrons. The van der Waals surface area contributed by atoms with E-state index in [1.807, 2.05) is 0 Å². The minimum Gasteiger partial charge on any atom is -0.330 e. The fourth-order valence-corrected chi connectivity index (χ4v) is 2.98. The lowest BCUT2D eigenvalue weighted by Gasteiger charge is -2.23. The van der Waals surface area contributed by atoms with Gasteiger partial charge in [0.15, 0.2) is 17.4 Å². The zero-order valence-corrected chi connectivity index (χ0v) is 11.9. The van der Waals surface area contributed by atoms with Crippen LogP contribution < -0.4 is 0 Å². The Kier molecular flexibility index (Phi) is 8.50. The predicted octanol–water partition coefficient (Wildman–Crippen LogP) is 3.09. The van der Waals surface area contributed by atoms with Crippen molar-refractivity contribution in [3.8, 4) is 0 Å². The maximum atomic E-state index is 10.5. The molecule has 0 N–H and O–H groups in total. The van der Waals surface area contributed by atoms with Crippen molar-refractivity contribution in [3.05, 3.63) is 0 Å². The van der Waals surface area contributed by atoms with Gasteiger partial charge < -0.3 is 9.05 Å². The molecule has 0 saturated heterocycles. The van der Waals surface area contributed by atoms with Crippen LogP contribution in [0.4, 0.5) is 0 Å². The zero-order valence-electron chi connectivity index (χ0n) is 9.60. The summed E-state index contributed by atoms with van der Waals surface area (Å²) in [7, 11) is -2.38. The molecule has 0 spiro atoms. The lowest BCUT2D eigenvalue weighted by molar-refractivity contribution is 0.131. The van der Waals surface area contributed by atoms with Crippen molar-refractivity contribution in [2.24, 2.45) is 5.92 Å². The summed E-state index contributed by atoms with van der Waals surface area (Å²) in [4.78, 5) is 0. The quantitative estimate of drug-likeness (QED) is 0.635. The molecule has 1 saturated carbocycles.